The van der Waals surface area contributed by atoms with Crippen LogP contribution in [0.15, 0.2) is 11.6 Å². The van der Waals surface area contributed by atoms with E-state index < -0.39 is 0 Å². The Morgan fingerprint density at radius 2 is 2.10 bits per heavy atom. The summed E-state index contributed by atoms with van der Waals surface area (Å²) in [6.07, 6.45) is 3.89. The molecule has 2 aromatic heterocycles. The Balaban J connectivity index is 1.43. The molecule has 1 amide bonds. The summed E-state index contributed by atoms with van der Waals surface area (Å²) < 4.78 is 5.38. The second-order valence-electron chi connectivity index (χ2n) is 9.05. The molecule has 2 aliphatic rings. The lowest BCUT2D eigenvalue weighted by Crippen LogP contribution is -2.41. The molecule has 8 heteroatoms. The topological polar surface area (TPSA) is 74.4 Å². The number of H-pyrrole nitrogens is 1. The Morgan fingerprint density at radius 1 is 1.31 bits per heavy atom. The lowest BCUT2D eigenvalue weighted by Gasteiger charge is -2.32. The number of aromatic amines is 1. The molecular weight excluding hydrogens is 386 g/mol. The maximum atomic E-state index is 13.0. The van der Waals surface area contributed by atoms with E-state index >= 15 is 0 Å². The van der Waals surface area contributed by atoms with Crippen molar-refractivity contribution < 1.29 is 9.53 Å². The highest BCUT2D eigenvalue weighted by Gasteiger charge is 2.29. The number of rotatable bonds is 4. The van der Waals surface area contributed by atoms with Crippen molar-refractivity contribution in [3.05, 3.63) is 33.5 Å². The molecule has 1 atom stereocenters. The quantitative estimate of drug-likeness (QED) is 0.828. The number of piperidine rings is 1. The molecule has 0 spiro atoms. The zero-order chi connectivity index (χ0) is 20.4. The van der Waals surface area contributed by atoms with Gasteiger partial charge in [-0.2, -0.15) is 5.10 Å². The van der Waals surface area contributed by atoms with E-state index in [4.69, 9.17) is 9.72 Å². The molecule has 0 radical (unpaired) electrons. The minimum Gasteiger partial charge on any atom is -0.378 e. The first-order valence-electron chi connectivity index (χ1n) is 10.5. The van der Waals surface area contributed by atoms with Crippen molar-refractivity contribution in [1.82, 2.24) is 25.0 Å². The van der Waals surface area contributed by atoms with Crippen molar-refractivity contribution in [2.24, 2.45) is 0 Å². The third-order valence-electron chi connectivity index (χ3n) is 5.79. The number of morpholine rings is 1. The van der Waals surface area contributed by atoms with Gasteiger partial charge in [-0.15, -0.1) is 11.3 Å². The third kappa shape index (κ3) is 4.70. The summed E-state index contributed by atoms with van der Waals surface area (Å²) in [5.41, 5.74) is 2.96. The summed E-state index contributed by atoms with van der Waals surface area (Å²) in [6, 6.07) is 0. The second kappa shape index (κ2) is 8.53. The lowest BCUT2D eigenvalue weighted by molar-refractivity contribution is 0.0301. The molecule has 0 saturated carbocycles. The van der Waals surface area contributed by atoms with Gasteiger partial charge in [0.05, 0.1) is 42.9 Å². The average Bonchev–Trinajstić information content (AvgIpc) is 3.38. The SMILES string of the molecule is CC(C)(C)c1csc(CN2CCC[C@@H](c3[nH]ncc3C(=O)N3CCOCC3)C2)n1. The van der Waals surface area contributed by atoms with Crippen LogP contribution < -0.4 is 0 Å². The Kier molecular flexibility index (Phi) is 6.03. The maximum Gasteiger partial charge on any atom is 0.257 e. The summed E-state index contributed by atoms with van der Waals surface area (Å²) in [5, 5.41) is 10.7. The molecular formula is C21H31N5O2S. The Hall–Kier alpha value is -1.77. The van der Waals surface area contributed by atoms with Crippen molar-refractivity contribution in [2.45, 2.75) is 51.5 Å². The molecule has 0 aromatic carbocycles. The second-order valence-corrected chi connectivity index (χ2v) is 10.00. The summed E-state index contributed by atoms with van der Waals surface area (Å²) in [7, 11) is 0. The highest BCUT2D eigenvalue weighted by Crippen LogP contribution is 2.30. The van der Waals surface area contributed by atoms with Gasteiger partial charge in [-0.25, -0.2) is 4.98 Å². The van der Waals surface area contributed by atoms with E-state index in [9.17, 15) is 4.79 Å². The number of likely N-dealkylation sites (tertiary alicyclic amines) is 1. The number of amides is 1. The van der Waals surface area contributed by atoms with Crippen molar-refractivity contribution in [3.63, 3.8) is 0 Å². The zero-order valence-corrected chi connectivity index (χ0v) is 18.4. The fourth-order valence-electron chi connectivity index (χ4n) is 4.07. The van der Waals surface area contributed by atoms with Gasteiger partial charge in [0.15, 0.2) is 0 Å². The number of aromatic nitrogens is 3. The number of hydrogen-bond acceptors (Lipinski definition) is 6. The van der Waals surface area contributed by atoms with Gasteiger partial charge in [0.2, 0.25) is 0 Å². The van der Waals surface area contributed by atoms with Crippen LogP contribution in [0, 0.1) is 0 Å². The first kappa shape index (κ1) is 20.5. The number of carbonyl (C=O) groups is 1. The molecule has 1 N–H and O–H groups in total. The van der Waals surface area contributed by atoms with Gasteiger partial charge in [0.1, 0.15) is 5.01 Å². The third-order valence-corrected chi connectivity index (χ3v) is 6.62. The van der Waals surface area contributed by atoms with Gasteiger partial charge in [0, 0.05) is 36.3 Å². The molecule has 4 heterocycles. The molecule has 2 aliphatic heterocycles. The van der Waals surface area contributed by atoms with E-state index in [1.54, 1.807) is 17.5 Å². The number of nitrogens with one attached hydrogen (secondary N) is 1. The van der Waals surface area contributed by atoms with Gasteiger partial charge in [-0.05, 0) is 19.4 Å². The molecule has 158 valence electrons. The number of nitrogens with zero attached hydrogens (tertiary/aromatic N) is 4. The van der Waals surface area contributed by atoms with Crippen LogP contribution in [-0.2, 0) is 16.7 Å². The van der Waals surface area contributed by atoms with Crippen LogP contribution in [0.5, 0.6) is 0 Å². The lowest BCUT2D eigenvalue weighted by atomic mass is 9.92. The van der Waals surface area contributed by atoms with Gasteiger partial charge in [0.25, 0.3) is 5.91 Å². The van der Waals surface area contributed by atoms with E-state index in [0.717, 1.165) is 49.4 Å². The molecule has 0 bridgehead atoms. The highest BCUT2D eigenvalue weighted by atomic mass is 32.1. The summed E-state index contributed by atoms with van der Waals surface area (Å²) in [5.74, 6) is 0.372. The molecule has 0 aliphatic carbocycles. The first-order chi connectivity index (χ1) is 13.9. The average molecular weight is 418 g/mol. The normalized spacial score (nSPS) is 21.5. The van der Waals surface area contributed by atoms with Crippen LogP contribution in [0.3, 0.4) is 0 Å². The largest absolute Gasteiger partial charge is 0.378 e. The van der Waals surface area contributed by atoms with E-state index in [1.807, 2.05) is 4.90 Å². The highest BCUT2D eigenvalue weighted by molar-refractivity contribution is 7.09. The van der Waals surface area contributed by atoms with Gasteiger partial charge < -0.3 is 9.64 Å². The van der Waals surface area contributed by atoms with Crippen LogP contribution in [0.4, 0.5) is 0 Å². The van der Waals surface area contributed by atoms with Gasteiger partial charge in [-0.3, -0.25) is 14.8 Å². The Labute approximate surface area is 176 Å². The van der Waals surface area contributed by atoms with E-state index in [1.165, 1.54) is 5.01 Å². The molecule has 2 fully saturated rings. The predicted octanol–water partition coefficient (Wildman–Crippen LogP) is 3.02. The van der Waals surface area contributed by atoms with Crippen molar-refractivity contribution >= 4 is 17.2 Å². The van der Waals surface area contributed by atoms with Crippen LogP contribution in [0.25, 0.3) is 0 Å². The minimum atomic E-state index is 0.0731. The van der Waals surface area contributed by atoms with Crippen LogP contribution in [0.2, 0.25) is 0 Å². The smallest absolute Gasteiger partial charge is 0.257 e. The minimum absolute atomic E-state index is 0.0731. The number of thiazole rings is 1. The molecule has 29 heavy (non-hydrogen) atoms. The van der Waals surface area contributed by atoms with Crippen LogP contribution in [0.1, 0.15) is 66.3 Å². The molecule has 0 unspecified atom stereocenters. The molecule has 2 saturated heterocycles. The predicted molar refractivity (Wildman–Crippen MR) is 113 cm³/mol. The fraction of sp³-hybridized carbons (Fsp3) is 0.667. The standard InChI is InChI=1S/C21H31N5O2S/c1-21(2,3)17-14-29-18(23-17)13-25-6-4-5-15(12-25)19-16(11-22-24-19)20(27)26-7-9-28-10-8-26/h11,14-15H,4-10,12-13H2,1-3H3,(H,22,24)/t15-/m1/s1. The Bertz CT molecular complexity index is 834. The van der Waals surface area contributed by atoms with Gasteiger partial charge >= 0.3 is 0 Å². The van der Waals surface area contributed by atoms with Crippen molar-refractivity contribution in [1.29, 1.82) is 0 Å². The Morgan fingerprint density at radius 3 is 2.83 bits per heavy atom. The first-order valence-corrected chi connectivity index (χ1v) is 11.4. The summed E-state index contributed by atoms with van der Waals surface area (Å²) in [4.78, 5) is 22.2. The van der Waals surface area contributed by atoms with Crippen LogP contribution in [-0.4, -0.2) is 70.3 Å². The van der Waals surface area contributed by atoms with Gasteiger partial charge in [-0.1, -0.05) is 20.8 Å². The molecule has 7 nitrogen and oxygen atoms in total. The van der Waals surface area contributed by atoms with Crippen LogP contribution >= 0.6 is 11.3 Å². The molecule has 4 rings (SSSR count). The van der Waals surface area contributed by atoms with Crippen molar-refractivity contribution in [3.8, 4) is 0 Å². The summed E-state index contributed by atoms with van der Waals surface area (Å²) >= 11 is 1.75. The fourth-order valence-corrected chi connectivity index (χ4v) is 5.13. The number of carbonyl (C=O) groups excluding carboxylic acids is 1. The zero-order valence-electron chi connectivity index (χ0n) is 17.6. The monoisotopic (exact) mass is 417 g/mol. The maximum absolute atomic E-state index is 13.0. The van der Waals surface area contributed by atoms with Crippen molar-refractivity contribution in [2.75, 3.05) is 39.4 Å². The van der Waals surface area contributed by atoms with E-state index in [0.29, 0.717) is 32.2 Å². The van der Waals surface area contributed by atoms with E-state index in [2.05, 4.69) is 41.2 Å². The number of ether oxygens (including phenoxy) is 1. The summed E-state index contributed by atoms with van der Waals surface area (Å²) in [6.45, 7) is 12.0. The van der Waals surface area contributed by atoms with E-state index in [-0.39, 0.29) is 11.3 Å². The molecule has 2 aromatic rings. The number of hydrogen-bond donors (Lipinski definition) is 1.